The van der Waals surface area contributed by atoms with E-state index < -0.39 is 6.61 Å². The third kappa shape index (κ3) is 5.63. The molecule has 2 aromatic carbocycles. The Morgan fingerprint density at radius 1 is 1.16 bits per heavy atom. The average Bonchev–Trinajstić information content (AvgIpc) is 2.58. The first-order chi connectivity index (χ1) is 12.0. The number of nitrogens with one attached hydrogen (secondary N) is 1. The second kappa shape index (κ2) is 8.86. The van der Waals surface area contributed by atoms with Gasteiger partial charge in [-0.2, -0.15) is 8.78 Å². The Labute approximate surface area is 144 Å². The molecule has 0 saturated carbocycles. The summed E-state index contributed by atoms with van der Waals surface area (Å²) in [7, 11) is 1.31. The van der Waals surface area contributed by atoms with Crippen LogP contribution in [-0.4, -0.2) is 32.8 Å². The number of amides is 1. The van der Waals surface area contributed by atoms with Gasteiger partial charge in [-0.15, -0.1) is 0 Å². The van der Waals surface area contributed by atoms with Gasteiger partial charge >= 0.3 is 6.61 Å². The van der Waals surface area contributed by atoms with Crippen molar-refractivity contribution >= 4 is 5.91 Å². The summed E-state index contributed by atoms with van der Waals surface area (Å²) in [5, 5.41) is 2.69. The highest BCUT2D eigenvalue weighted by atomic mass is 19.3. The van der Waals surface area contributed by atoms with Gasteiger partial charge in [-0.25, -0.2) is 0 Å². The molecular formula is C18H19F2NO4. The number of carbonyl (C=O) groups is 1. The molecule has 25 heavy (non-hydrogen) atoms. The minimum atomic E-state index is -2.97. The number of carbonyl (C=O) groups excluding carboxylic acids is 1. The highest BCUT2D eigenvalue weighted by molar-refractivity contribution is 5.94. The van der Waals surface area contributed by atoms with Gasteiger partial charge in [0.15, 0.2) is 11.5 Å². The van der Waals surface area contributed by atoms with E-state index in [-0.39, 0.29) is 23.0 Å². The summed E-state index contributed by atoms with van der Waals surface area (Å²) in [6.45, 7) is -0.403. The highest BCUT2D eigenvalue weighted by Gasteiger charge is 2.14. The first-order valence-corrected chi connectivity index (χ1v) is 7.60. The van der Waals surface area contributed by atoms with Crippen molar-refractivity contribution in [3.63, 3.8) is 0 Å². The summed E-state index contributed by atoms with van der Waals surface area (Å²) in [6.07, 6.45) is 0. The number of hydrogen-bond donors (Lipinski definition) is 1. The van der Waals surface area contributed by atoms with Crippen LogP contribution in [0.15, 0.2) is 42.5 Å². The van der Waals surface area contributed by atoms with Gasteiger partial charge in [0.25, 0.3) is 5.91 Å². The van der Waals surface area contributed by atoms with Crippen LogP contribution < -0.4 is 19.5 Å². The fraction of sp³-hybridized carbons (Fsp3) is 0.278. The third-order valence-electron chi connectivity index (χ3n) is 3.29. The average molecular weight is 351 g/mol. The first kappa shape index (κ1) is 18.5. The zero-order valence-corrected chi connectivity index (χ0v) is 13.9. The standard InChI is InChI=1S/C18H19F2NO4/c1-12-4-3-5-14(10-12)24-9-8-21-17(22)13-6-7-15(25-18(19)20)16(11-13)23-2/h3-7,10-11,18H,8-9H2,1-2H3,(H,21,22). The molecule has 0 fully saturated rings. The first-order valence-electron chi connectivity index (χ1n) is 7.60. The Morgan fingerprint density at radius 2 is 1.96 bits per heavy atom. The zero-order valence-electron chi connectivity index (χ0n) is 13.9. The summed E-state index contributed by atoms with van der Waals surface area (Å²) in [5.41, 5.74) is 1.36. The van der Waals surface area contributed by atoms with E-state index in [0.717, 1.165) is 11.3 Å². The summed E-state index contributed by atoms with van der Waals surface area (Å²) in [6, 6.07) is 11.6. The molecular weight excluding hydrogens is 332 g/mol. The van der Waals surface area contributed by atoms with Crippen LogP contribution in [0, 0.1) is 6.92 Å². The Hall–Kier alpha value is -2.83. The van der Waals surface area contributed by atoms with Crippen LogP contribution in [0.1, 0.15) is 15.9 Å². The van der Waals surface area contributed by atoms with Crippen molar-refractivity contribution < 1.29 is 27.8 Å². The van der Waals surface area contributed by atoms with E-state index in [1.54, 1.807) is 0 Å². The molecule has 0 heterocycles. The largest absolute Gasteiger partial charge is 0.493 e. The number of hydrogen-bond acceptors (Lipinski definition) is 4. The smallest absolute Gasteiger partial charge is 0.387 e. The number of aryl methyl sites for hydroxylation is 1. The molecule has 1 N–H and O–H groups in total. The fourth-order valence-corrected chi connectivity index (χ4v) is 2.14. The van der Waals surface area contributed by atoms with Gasteiger partial charge in [-0.1, -0.05) is 12.1 Å². The van der Waals surface area contributed by atoms with Gasteiger partial charge in [0.2, 0.25) is 0 Å². The van der Waals surface area contributed by atoms with Crippen molar-refractivity contribution in [3.8, 4) is 17.2 Å². The predicted octanol–water partition coefficient (Wildman–Crippen LogP) is 3.41. The summed E-state index contributed by atoms with van der Waals surface area (Å²) in [4.78, 5) is 12.1. The molecule has 5 nitrogen and oxygen atoms in total. The zero-order chi connectivity index (χ0) is 18.2. The fourth-order valence-electron chi connectivity index (χ4n) is 2.14. The van der Waals surface area contributed by atoms with Crippen LogP contribution >= 0.6 is 0 Å². The lowest BCUT2D eigenvalue weighted by Crippen LogP contribution is -2.28. The van der Waals surface area contributed by atoms with E-state index in [4.69, 9.17) is 9.47 Å². The molecule has 0 aliphatic rings. The van der Waals surface area contributed by atoms with Gasteiger partial charge in [0.05, 0.1) is 13.7 Å². The van der Waals surface area contributed by atoms with Gasteiger partial charge in [0, 0.05) is 5.56 Å². The molecule has 1 amide bonds. The molecule has 2 aromatic rings. The molecule has 0 spiro atoms. The maximum atomic E-state index is 12.3. The summed E-state index contributed by atoms with van der Waals surface area (Å²) < 4.78 is 39.4. The van der Waals surface area contributed by atoms with E-state index in [0.29, 0.717) is 13.2 Å². The predicted molar refractivity (Wildman–Crippen MR) is 88.6 cm³/mol. The molecule has 0 unspecified atom stereocenters. The van der Waals surface area contributed by atoms with Gasteiger partial charge < -0.3 is 19.5 Å². The maximum Gasteiger partial charge on any atom is 0.387 e. The molecule has 2 rings (SSSR count). The van der Waals surface area contributed by atoms with Crippen LogP contribution in [0.4, 0.5) is 8.78 Å². The van der Waals surface area contributed by atoms with Crippen LogP contribution in [-0.2, 0) is 0 Å². The van der Waals surface area contributed by atoms with Gasteiger partial charge in [-0.3, -0.25) is 4.79 Å². The van der Waals surface area contributed by atoms with E-state index in [1.807, 2.05) is 31.2 Å². The number of methoxy groups -OCH3 is 1. The molecule has 0 aromatic heterocycles. The molecule has 0 atom stereocenters. The van der Waals surface area contributed by atoms with Crippen molar-refractivity contribution in [2.24, 2.45) is 0 Å². The van der Waals surface area contributed by atoms with Crippen molar-refractivity contribution in [1.82, 2.24) is 5.32 Å². The monoisotopic (exact) mass is 351 g/mol. The molecule has 0 bridgehead atoms. The van der Waals surface area contributed by atoms with Gasteiger partial charge in [0.1, 0.15) is 12.4 Å². The minimum Gasteiger partial charge on any atom is -0.493 e. The minimum absolute atomic E-state index is 0.0592. The normalized spacial score (nSPS) is 10.4. The molecule has 7 heteroatoms. The number of benzene rings is 2. The third-order valence-corrected chi connectivity index (χ3v) is 3.29. The second-order valence-electron chi connectivity index (χ2n) is 5.17. The highest BCUT2D eigenvalue weighted by Crippen LogP contribution is 2.29. The molecule has 0 aliphatic carbocycles. The lowest BCUT2D eigenvalue weighted by molar-refractivity contribution is -0.0512. The van der Waals surface area contributed by atoms with Crippen LogP contribution in [0.3, 0.4) is 0 Å². The van der Waals surface area contributed by atoms with Crippen molar-refractivity contribution in [1.29, 1.82) is 0 Å². The van der Waals surface area contributed by atoms with Crippen molar-refractivity contribution in [2.75, 3.05) is 20.3 Å². The Bertz CT molecular complexity index is 722. The molecule has 0 radical (unpaired) electrons. The maximum absolute atomic E-state index is 12.3. The quantitative estimate of drug-likeness (QED) is 0.741. The lowest BCUT2D eigenvalue weighted by atomic mass is 10.2. The van der Waals surface area contributed by atoms with E-state index in [9.17, 15) is 13.6 Å². The van der Waals surface area contributed by atoms with Crippen molar-refractivity contribution in [2.45, 2.75) is 13.5 Å². The number of halogens is 2. The molecule has 134 valence electrons. The van der Waals surface area contributed by atoms with Crippen LogP contribution in [0.2, 0.25) is 0 Å². The lowest BCUT2D eigenvalue weighted by Gasteiger charge is -2.12. The Morgan fingerprint density at radius 3 is 2.64 bits per heavy atom. The van der Waals surface area contributed by atoms with E-state index in [1.165, 1.54) is 25.3 Å². The number of ether oxygens (including phenoxy) is 3. The second-order valence-corrected chi connectivity index (χ2v) is 5.17. The Kier molecular flexibility index (Phi) is 6.56. The number of rotatable bonds is 8. The van der Waals surface area contributed by atoms with E-state index in [2.05, 4.69) is 10.1 Å². The SMILES string of the molecule is COc1cc(C(=O)NCCOc2cccc(C)c2)ccc1OC(F)F. The van der Waals surface area contributed by atoms with Gasteiger partial charge in [-0.05, 0) is 42.8 Å². The van der Waals surface area contributed by atoms with Crippen LogP contribution in [0.25, 0.3) is 0 Å². The summed E-state index contributed by atoms with van der Waals surface area (Å²) in [5.74, 6) is 0.292. The van der Waals surface area contributed by atoms with Crippen LogP contribution in [0.5, 0.6) is 17.2 Å². The Balaban J connectivity index is 1.88. The number of alkyl halides is 2. The molecule has 0 saturated heterocycles. The van der Waals surface area contributed by atoms with E-state index >= 15 is 0 Å². The molecule has 0 aliphatic heterocycles. The summed E-state index contributed by atoms with van der Waals surface area (Å²) >= 11 is 0. The topological polar surface area (TPSA) is 56.8 Å². The van der Waals surface area contributed by atoms with Crippen molar-refractivity contribution in [3.05, 3.63) is 53.6 Å².